The summed E-state index contributed by atoms with van der Waals surface area (Å²) in [6.07, 6.45) is 5.94. The summed E-state index contributed by atoms with van der Waals surface area (Å²) in [4.78, 5) is 17.7. The number of hydrogen-bond acceptors (Lipinski definition) is 2. The summed E-state index contributed by atoms with van der Waals surface area (Å²) in [5, 5.41) is 1.47. The van der Waals surface area contributed by atoms with Crippen molar-refractivity contribution < 1.29 is 9.63 Å². The maximum atomic E-state index is 12.3. The Bertz CT molecular complexity index is 557. The first-order valence-electron chi connectivity index (χ1n) is 6.53. The minimum Gasteiger partial charge on any atom is -0.324 e. The summed E-state index contributed by atoms with van der Waals surface area (Å²) in [5.74, 6) is -0.0614. The molecule has 0 bridgehead atoms. The highest BCUT2D eigenvalue weighted by Crippen LogP contribution is 2.15. The maximum absolute atomic E-state index is 12.3. The summed E-state index contributed by atoms with van der Waals surface area (Å²) < 4.78 is 1.98. The predicted octanol–water partition coefficient (Wildman–Crippen LogP) is 2.64. The van der Waals surface area contributed by atoms with Gasteiger partial charge in [-0.15, -0.1) is 0 Å². The first kappa shape index (κ1) is 12.0. The maximum Gasteiger partial charge on any atom is 0.277 e. The zero-order valence-corrected chi connectivity index (χ0v) is 10.7. The van der Waals surface area contributed by atoms with Crippen molar-refractivity contribution in [3.63, 3.8) is 0 Å². The van der Waals surface area contributed by atoms with E-state index in [0.29, 0.717) is 18.7 Å². The van der Waals surface area contributed by atoms with E-state index in [1.165, 1.54) is 5.06 Å². The van der Waals surface area contributed by atoms with Crippen LogP contribution in [-0.2, 0) is 4.84 Å². The number of benzene rings is 1. The third-order valence-electron chi connectivity index (χ3n) is 3.22. The molecule has 1 aromatic carbocycles. The largest absolute Gasteiger partial charge is 0.324 e. The second-order valence-electron chi connectivity index (χ2n) is 4.59. The lowest BCUT2D eigenvalue weighted by atomic mass is 10.1. The van der Waals surface area contributed by atoms with Crippen LogP contribution in [0.2, 0.25) is 0 Å². The monoisotopic (exact) mass is 256 g/mol. The van der Waals surface area contributed by atoms with Crippen LogP contribution in [0.25, 0.3) is 5.69 Å². The van der Waals surface area contributed by atoms with Crippen LogP contribution in [0, 0.1) is 0 Å². The fourth-order valence-electron chi connectivity index (χ4n) is 2.21. The molecule has 2 heterocycles. The van der Waals surface area contributed by atoms with Crippen molar-refractivity contribution in [2.45, 2.75) is 12.8 Å². The lowest BCUT2D eigenvalue weighted by Gasteiger charge is -2.26. The highest BCUT2D eigenvalue weighted by Gasteiger charge is 2.19. The first-order chi connectivity index (χ1) is 9.34. The van der Waals surface area contributed by atoms with Crippen LogP contribution in [0.3, 0.4) is 0 Å². The normalized spacial score (nSPS) is 15.5. The van der Waals surface area contributed by atoms with Crippen molar-refractivity contribution in [1.29, 1.82) is 0 Å². The van der Waals surface area contributed by atoms with Crippen LogP contribution in [0.5, 0.6) is 0 Å². The molecule has 0 unspecified atom stereocenters. The van der Waals surface area contributed by atoms with Gasteiger partial charge in [0.1, 0.15) is 0 Å². The zero-order chi connectivity index (χ0) is 13.1. The lowest BCUT2D eigenvalue weighted by Crippen LogP contribution is -2.35. The Balaban J connectivity index is 1.84. The molecule has 1 aliphatic rings. The Hall–Kier alpha value is -2.07. The van der Waals surface area contributed by atoms with Crippen molar-refractivity contribution in [3.8, 4) is 5.69 Å². The molecular weight excluding hydrogens is 240 g/mol. The number of aromatic nitrogens is 1. The number of carbonyl (C=O) groups excluding carboxylic acids is 1. The van der Waals surface area contributed by atoms with Crippen LogP contribution >= 0.6 is 0 Å². The molecular formula is C15H16N2O2. The number of carbonyl (C=O) groups is 1. The van der Waals surface area contributed by atoms with E-state index in [0.717, 1.165) is 18.5 Å². The smallest absolute Gasteiger partial charge is 0.277 e. The molecule has 4 heteroatoms. The van der Waals surface area contributed by atoms with Gasteiger partial charge < -0.3 is 4.57 Å². The van der Waals surface area contributed by atoms with E-state index >= 15 is 0 Å². The first-order valence-corrected chi connectivity index (χ1v) is 6.53. The van der Waals surface area contributed by atoms with Gasteiger partial charge in [0.15, 0.2) is 0 Å². The molecule has 2 aromatic rings. The van der Waals surface area contributed by atoms with Gasteiger partial charge in [0.2, 0.25) is 0 Å². The number of rotatable bonds is 2. The van der Waals surface area contributed by atoms with Crippen LogP contribution in [-0.4, -0.2) is 28.7 Å². The second kappa shape index (κ2) is 5.28. The van der Waals surface area contributed by atoms with Gasteiger partial charge in [-0.2, -0.15) is 0 Å². The third-order valence-corrected chi connectivity index (χ3v) is 3.22. The van der Waals surface area contributed by atoms with Gasteiger partial charge in [0.05, 0.1) is 6.61 Å². The van der Waals surface area contributed by atoms with Gasteiger partial charge in [0, 0.05) is 30.2 Å². The topological polar surface area (TPSA) is 34.5 Å². The molecule has 19 heavy (non-hydrogen) atoms. The van der Waals surface area contributed by atoms with Crippen LogP contribution in [0.15, 0.2) is 48.8 Å². The SMILES string of the molecule is O=C(c1cccc(-n2cccc2)c1)N1CCCCO1. The molecule has 1 aromatic heterocycles. The van der Waals surface area contributed by atoms with E-state index in [1.807, 2.05) is 53.4 Å². The Morgan fingerprint density at radius 1 is 1.11 bits per heavy atom. The molecule has 4 nitrogen and oxygen atoms in total. The highest BCUT2D eigenvalue weighted by molar-refractivity contribution is 5.94. The van der Waals surface area contributed by atoms with E-state index < -0.39 is 0 Å². The third kappa shape index (κ3) is 2.53. The quantitative estimate of drug-likeness (QED) is 0.828. The molecule has 0 spiro atoms. The van der Waals surface area contributed by atoms with E-state index in [9.17, 15) is 4.79 Å². The average Bonchev–Trinajstić information content (AvgIpc) is 3.02. The molecule has 3 rings (SSSR count). The standard InChI is InChI=1S/C15H16N2O2/c18-15(17-10-3-4-11-19-17)13-6-5-7-14(12-13)16-8-1-2-9-16/h1-2,5-9,12H,3-4,10-11H2. The van der Waals surface area contributed by atoms with Crippen molar-refractivity contribution in [2.75, 3.05) is 13.2 Å². The minimum atomic E-state index is -0.0614. The highest BCUT2D eigenvalue weighted by atomic mass is 16.7. The van der Waals surface area contributed by atoms with E-state index in [-0.39, 0.29) is 5.91 Å². The number of hydrogen-bond donors (Lipinski definition) is 0. The Labute approximate surface area is 112 Å². The summed E-state index contributed by atoms with van der Waals surface area (Å²) in [6, 6.07) is 11.5. The van der Waals surface area contributed by atoms with Gasteiger partial charge in [0.25, 0.3) is 5.91 Å². The summed E-state index contributed by atoms with van der Waals surface area (Å²) >= 11 is 0. The van der Waals surface area contributed by atoms with E-state index in [1.54, 1.807) is 0 Å². The van der Waals surface area contributed by atoms with Gasteiger partial charge in [-0.1, -0.05) is 6.07 Å². The molecule has 1 aliphatic heterocycles. The van der Waals surface area contributed by atoms with Crippen LogP contribution < -0.4 is 0 Å². The molecule has 1 fully saturated rings. The fraction of sp³-hybridized carbons (Fsp3) is 0.267. The molecule has 1 amide bonds. The number of nitrogens with zero attached hydrogens (tertiary/aromatic N) is 2. The molecule has 0 saturated carbocycles. The fourth-order valence-corrected chi connectivity index (χ4v) is 2.21. The molecule has 1 saturated heterocycles. The molecule has 0 aliphatic carbocycles. The van der Waals surface area contributed by atoms with Crippen LogP contribution in [0.1, 0.15) is 23.2 Å². The molecule has 98 valence electrons. The Morgan fingerprint density at radius 2 is 1.95 bits per heavy atom. The van der Waals surface area contributed by atoms with Crippen LogP contribution in [0.4, 0.5) is 0 Å². The average molecular weight is 256 g/mol. The Morgan fingerprint density at radius 3 is 2.68 bits per heavy atom. The number of amides is 1. The predicted molar refractivity (Wildman–Crippen MR) is 72.0 cm³/mol. The summed E-state index contributed by atoms with van der Waals surface area (Å²) in [7, 11) is 0. The molecule has 0 N–H and O–H groups in total. The minimum absolute atomic E-state index is 0.0614. The molecule has 0 atom stereocenters. The summed E-state index contributed by atoms with van der Waals surface area (Å²) in [5.41, 5.74) is 1.64. The van der Waals surface area contributed by atoms with Gasteiger partial charge in [-0.25, -0.2) is 5.06 Å². The van der Waals surface area contributed by atoms with Gasteiger partial charge in [-0.3, -0.25) is 9.63 Å². The second-order valence-corrected chi connectivity index (χ2v) is 4.59. The summed E-state index contributed by atoms with van der Waals surface area (Å²) in [6.45, 7) is 1.30. The zero-order valence-electron chi connectivity index (χ0n) is 10.7. The molecule has 0 radical (unpaired) electrons. The number of hydroxylamine groups is 2. The van der Waals surface area contributed by atoms with Gasteiger partial charge >= 0.3 is 0 Å². The van der Waals surface area contributed by atoms with Crippen molar-refractivity contribution in [1.82, 2.24) is 9.63 Å². The van der Waals surface area contributed by atoms with Crippen molar-refractivity contribution in [3.05, 3.63) is 54.4 Å². The van der Waals surface area contributed by atoms with E-state index in [2.05, 4.69) is 0 Å². The lowest BCUT2D eigenvalue weighted by molar-refractivity contribution is -0.144. The van der Waals surface area contributed by atoms with E-state index in [4.69, 9.17) is 4.84 Å². The van der Waals surface area contributed by atoms with Crippen molar-refractivity contribution in [2.24, 2.45) is 0 Å². The van der Waals surface area contributed by atoms with Gasteiger partial charge in [-0.05, 0) is 43.2 Å². The van der Waals surface area contributed by atoms with Crippen molar-refractivity contribution >= 4 is 5.91 Å². The Kier molecular flexibility index (Phi) is 3.33.